The summed E-state index contributed by atoms with van der Waals surface area (Å²) in [5.41, 5.74) is 3.66. The van der Waals surface area contributed by atoms with Crippen LogP contribution in [0.5, 0.6) is 11.5 Å². The molecule has 0 bridgehead atoms. The van der Waals surface area contributed by atoms with Crippen molar-refractivity contribution in [3.05, 3.63) is 22.3 Å². The molecule has 1 atom stereocenters. The molecule has 1 aliphatic heterocycles. The minimum atomic E-state index is -0.315. The van der Waals surface area contributed by atoms with Crippen LogP contribution in [-0.4, -0.2) is 36.0 Å². The highest BCUT2D eigenvalue weighted by Gasteiger charge is 2.35. The van der Waals surface area contributed by atoms with E-state index in [0.717, 1.165) is 45.8 Å². The average Bonchev–Trinajstić information content (AvgIpc) is 2.50. The van der Waals surface area contributed by atoms with Crippen LogP contribution in [0.1, 0.15) is 42.0 Å². The predicted molar refractivity (Wildman–Crippen MR) is 96.8 cm³/mol. The molecule has 1 aliphatic rings. The Balaban J connectivity index is 2.17. The Morgan fingerprint density at radius 1 is 1.30 bits per heavy atom. The summed E-state index contributed by atoms with van der Waals surface area (Å²) in [5.74, 6) is 1.32. The Morgan fingerprint density at radius 3 is 2.65 bits per heavy atom. The number of phenolic OH excluding ortho intramolecular Hbond substituents is 1. The number of aromatic hydroxyl groups is 1. The van der Waals surface area contributed by atoms with Crippen LogP contribution in [0.15, 0.2) is 0 Å². The second-order valence-electron chi connectivity index (χ2n) is 6.60. The van der Waals surface area contributed by atoms with Crippen molar-refractivity contribution in [2.45, 2.75) is 52.6 Å². The Morgan fingerprint density at radius 2 is 2.00 bits per heavy atom. The molecule has 0 amide bonds. The molecule has 1 aromatic carbocycles. The van der Waals surface area contributed by atoms with Crippen molar-refractivity contribution in [2.75, 3.05) is 20.3 Å². The molecule has 2 N–H and O–H groups in total. The zero-order chi connectivity index (χ0) is 17.2. The summed E-state index contributed by atoms with van der Waals surface area (Å²) in [6.45, 7) is 9.36. The van der Waals surface area contributed by atoms with Crippen molar-refractivity contribution >= 4 is 17.2 Å². The molecule has 1 unspecified atom stereocenters. The highest BCUT2D eigenvalue weighted by atomic mass is 32.1. The Hall–Kier alpha value is -1.33. The van der Waals surface area contributed by atoms with Gasteiger partial charge in [0, 0.05) is 25.6 Å². The lowest BCUT2D eigenvalue weighted by molar-refractivity contribution is 0.0707. The van der Waals surface area contributed by atoms with Gasteiger partial charge in [-0.3, -0.25) is 0 Å². The fourth-order valence-corrected chi connectivity index (χ4v) is 3.52. The predicted octanol–water partition coefficient (Wildman–Crippen LogP) is 3.35. The summed E-state index contributed by atoms with van der Waals surface area (Å²) in [7, 11) is 1.68. The Kier molecular flexibility index (Phi) is 5.53. The zero-order valence-corrected chi connectivity index (χ0v) is 15.5. The van der Waals surface area contributed by atoms with Gasteiger partial charge in [-0.15, -0.1) is 0 Å². The quantitative estimate of drug-likeness (QED) is 0.637. The van der Waals surface area contributed by atoms with Gasteiger partial charge in [-0.1, -0.05) is 12.2 Å². The first-order chi connectivity index (χ1) is 10.8. The van der Waals surface area contributed by atoms with Crippen LogP contribution in [0.2, 0.25) is 0 Å². The number of rotatable bonds is 5. The van der Waals surface area contributed by atoms with Crippen molar-refractivity contribution in [1.82, 2.24) is 5.32 Å². The van der Waals surface area contributed by atoms with Gasteiger partial charge in [-0.2, -0.15) is 0 Å². The normalized spacial score (nSPS) is 19.9. The second-order valence-corrected chi connectivity index (χ2v) is 7.10. The van der Waals surface area contributed by atoms with Gasteiger partial charge in [0.1, 0.15) is 17.1 Å². The largest absolute Gasteiger partial charge is 0.507 e. The lowest BCUT2D eigenvalue weighted by Crippen LogP contribution is -2.42. The van der Waals surface area contributed by atoms with Crippen LogP contribution in [0.4, 0.5) is 0 Å². The molecular formula is C18H27NO3S. The number of hydrogen-bond donors (Lipinski definition) is 2. The van der Waals surface area contributed by atoms with Crippen LogP contribution in [0.25, 0.3) is 0 Å². The Bertz CT molecular complexity index is 615. The van der Waals surface area contributed by atoms with Gasteiger partial charge < -0.3 is 19.9 Å². The van der Waals surface area contributed by atoms with E-state index in [-0.39, 0.29) is 5.60 Å². The topological polar surface area (TPSA) is 50.7 Å². The maximum absolute atomic E-state index is 10.2. The number of thiocarbonyl (C=S) groups is 1. The van der Waals surface area contributed by atoms with Crippen LogP contribution < -0.4 is 10.1 Å². The average molecular weight is 337 g/mol. The number of fused-ring (bicyclic) bond motifs is 1. The van der Waals surface area contributed by atoms with Crippen molar-refractivity contribution in [2.24, 2.45) is 0 Å². The van der Waals surface area contributed by atoms with Gasteiger partial charge in [0.15, 0.2) is 0 Å². The first kappa shape index (κ1) is 18.0. The molecule has 23 heavy (non-hydrogen) atoms. The zero-order valence-electron chi connectivity index (χ0n) is 14.7. The fourth-order valence-electron chi connectivity index (χ4n) is 3.11. The van der Waals surface area contributed by atoms with Crippen molar-refractivity contribution in [1.29, 1.82) is 0 Å². The number of hydrogen-bond acceptors (Lipinski definition) is 4. The minimum Gasteiger partial charge on any atom is -0.507 e. The van der Waals surface area contributed by atoms with Gasteiger partial charge in [-0.05, 0) is 57.2 Å². The molecule has 128 valence electrons. The van der Waals surface area contributed by atoms with Gasteiger partial charge in [-0.25, -0.2) is 0 Å². The lowest BCUT2D eigenvalue weighted by atomic mass is 9.85. The van der Waals surface area contributed by atoms with E-state index in [0.29, 0.717) is 25.3 Å². The SMILES string of the molecule is COCCNC(=S)CC1(C)CCc2c(C)c(O)c(C)c(C)c2O1. The maximum atomic E-state index is 10.2. The third-order valence-electron chi connectivity index (χ3n) is 4.76. The summed E-state index contributed by atoms with van der Waals surface area (Å²) < 4.78 is 11.4. The molecule has 1 heterocycles. The third-order valence-corrected chi connectivity index (χ3v) is 5.04. The van der Waals surface area contributed by atoms with E-state index in [9.17, 15) is 5.11 Å². The molecule has 0 radical (unpaired) electrons. The third kappa shape index (κ3) is 3.78. The van der Waals surface area contributed by atoms with Crippen LogP contribution in [0, 0.1) is 20.8 Å². The molecule has 1 aromatic rings. The van der Waals surface area contributed by atoms with Crippen molar-refractivity contribution in [3.8, 4) is 11.5 Å². The lowest BCUT2D eigenvalue weighted by Gasteiger charge is -2.38. The molecule has 0 saturated heterocycles. The van der Waals surface area contributed by atoms with Gasteiger partial charge in [0.2, 0.25) is 0 Å². The summed E-state index contributed by atoms with van der Waals surface area (Å²) in [5, 5.41) is 13.5. The number of nitrogens with one attached hydrogen (secondary N) is 1. The molecule has 0 spiro atoms. The van der Waals surface area contributed by atoms with Crippen LogP contribution in [0.3, 0.4) is 0 Å². The summed E-state index contributed by atoms with van der Waals surface area (Å²) in [6.07, 6.45) is 2.46. The van der Waals surface area contributed by atoms with Crippen LogP contribution in [-0.2, 0) is 11.2 Å². The minimum absolute atomic E-state index is 0.315. The standard InChI is InChI=1S/C18H27NO3S/c1-11-12(2)17-14(13(3)16(11)20)6-7-18(4,22-17)10-15(23)19-8-9-21-5/h20H,6-10H2,1-5H3,(H,19,23). The number of benzene rings is 1. The molecule has 0 aromatic heterocycles. The maximum Gasteiger partial charge on any atom is 0.127 e. The van der Waals surface area contributed by atoms with E-state index in [4.69, 9.17) is 21.7 Å². The van der Waals surface area contributed by atoms with E-state index in [2.05, 4.69) is 12.2 Å². The second kappa shape index (κ2) is 7.05. The van der Waals surface area contributed by atoms with Crippen LogP contribution >= 0.6 is 12.2 Å². The first-order valence-corrected chi connectivity index (χ1v) is 8.46. The number of methoxy groups -OCH3 is 1. The van der Waals surface area contributed by atoms with E-state index in [1.807, 2.05) is 20.8 Å². The van der Waals surface area contributed by atoms with Gasteiger partial charge in [0.25, 0.3) is 0 Å². The Labute approximate surface area is 144 Å². The highest BCUT2D eigenvalue weighted by Crippen LogP contribution is 2.44. The van der Waals surface area contributed by atoms with Gasteiger partial charge >= 0.3 is 0 Å². The summed E-state index contributed by atoms with van der Waals surface area (Å²) in [4.78, 5) is 0.804. The molecule has 2 rings (SSSR count). The summed E-state index contributed by atoms with van der Waals surface area (Å²) >= 11 is 5.44. The molecular weight excluding hydrogens is 310 g/mol. The molecule has 0 fully saturated rings. The van der Waals surface area contributed by atoms with E-state index in [1.165, 1.54) is 0 Å². The monoisotopic (exact) mass is 337 g/mol. The number of phenols is 1. The molecule has 0 aliphatic carbocycles. The molecule has 0 saturated carbocycles. The van der Waals surface area contributed by atoms with E-state index in [1.54, 1.807) is 7.11 Å². The molecule has 5 heteroatoms. The van der Waals surface area contributed by atoms with Crippen molar-refractivity contribution in [3.63, 3.8) is 0 Å². The van der Waals surface area contributed by atoms with Gasteiger partial charge in [0.05, 0.1) is 11.6 Å². The fraction of sp³-hybridized carbons (Fsp3) is 0.611. The summed E-state index contributed by atoms with van der Waals surface area (Å²) in [6, 6.07) is 0. The van der Waals surface area contributed by atoms with E-state index < -0.39 is 0 Å². The van der Waals surface area contributed by atoms with E-state index >= 15 is 0 Å². The number of ether oxygens (including phenoxy) is 2. The van der Waals surface area contributed by atoms with Crippen molar-refractivity contribution < 1.29 is 14.6 Å². The highest BCUT2D eigenvalue weighted by molar-refractivity contribution is 7.80. The molecule has 4 nitrogen and oxygen atoms in total. The first-order valence-electron chi connectivity index (χ1n) is 8.05. The smallest absolute Gasteiger partial charge is 0.127 e.